The Kier molecular flexibility index (Phi) is 3.31. The number of benzene rings is 1. The lowest BCUT2D eigenvalue weighted by Gasteiger charge is -2.38. The van der Waals surface area contributed by atoms with Gasteiger partial charge in [-0.3, -0.25) is 0 Å². The molecule has 0 amide bonds. The highest BCUT2D eigenvalue weighted by atomic mass is 19.1. The quantitative estimate of drug-likeness (QED) is 0.890. The second-order valence-corrected chi connectivity index (χ2v) is 5.89. The summed E-state index contributed by atoms with van der Waals surface area (Å²) in [5.41, 5.74) is 0.106. The zero-order valence-corrected chi connectivity index (χ0v) is 11.0. The average Bonchev–Trinajstić information content (AvgIpc) is 2.64. The molecule has 0 saturated carbocycles. The third kappa shape index (κ3) is 2.28. The third-order valence-electron chi connectivity index (χ3n) is 4.86. The number of fused-ring (bicyclic) bond motifs is 2. The van der Waals surface area contributed by atoms with Crippen LogP contribution in [-0.4, -0.2) is 29.1 Å². The van der Waals surface area contributed by atoms with Crippen LogP contribution in [0.3, 0.4) is 0 Å². The molecule has 3 atom stereocenters. The van der Waals surface area contributed by atoms with Gasteiger partial charge in [-0.2, -0.15) is 0 Å². The SMILES string of the molecule is CN1C2CCC1CC(C(O)c1cc(F)ccc1F)C2. The van der Waals surface area contributed by atoms with Gasteiger partial charge < -0.3 is 10.0 Å². The minimum Gasteiger partial charge on any atom is -0.388 e. The van der Waals surface area contributed by atoms with Gasteiger partial charge in [-0.05, 0) is 56.8 Å². The summed E-state index contributed by atoms with van der Waals surface area (Å²) in [5, 5.41) is 10.4. The first-order valence-electron chi connectivity index (χ1n) is 6.91. The van der Waals surface area contributed by atoms with E-state index in [9.17, 15) is 13.9 Å². The van der Waals surface area contributed by atoms with Gasteiger partial charge >= 0.3 is 0 Å². The lowest BCUT2D eigenvalue weighted by atomic mass is 9.83. The first-order valence-corrected chi connectivity index (χ1v) is 6.91. The lowest BCUT2D eigenvalue weighted by molar-refractivity contribution is 0.0335. The second-order valence-electron chi connectivity index (χ2n) is 5.89. The fourth-order valence-corrected chi connectivity index (χ4v) is 3.71. The molecular weight excluding hydrogens is 248 g/mol. The molecule has 0 aliphatic carbocycles. The van der Waals surface area contributed by atoms with E-state index in [0.717, 1.165) is 43.9 Å². The number of aliphatic hydroxyl groups excluding tert-OH is 1. The van der Waals surface area contributed by atoms with Gasteiger partial charge in [0.1, 0.15) is 11.6 Å². The van der Waals surface area contributed by atoms with E-state index in [-0.39, 0.29) is 11.5 Å². The summed E-state index contributed by atoms with van der Waals surface area (Å²) < 4.78 is 26.9. The Hall–Kier alpha value is -1.00. The Morgan fingerprint density at radius 2 is 1.84 bits per heavy atom. The zero-order valence-electron chi connectivity index (χ0n) is 11.0. The van der Waals surface area contributed by atoms with Gasteiger partial charge in [0, 0.05) is 17.6 Å². The van der Waals surface area contributed by atoms with Gasteiger partial charge in [0.25, 0.3) is 0 Å². The smallest absolute Gasteiger partial charge is 0.129 e. The van der Waals surface area contributed by atoms with E-state index in [1.165, 1.54) is 0 Å². The summed E-state index contributed by atoms with van der Waals surface area (Å²) in [6.45, 7) is 0. The molecule has 2 aliphatic rings. The first-order chi connectivity index (χ1) is 9.06. The van der Waals surface area contributed by atoms with Crippen molar-refractivity contribution < 1.29 is 13.9 Å². The van der Waals surface area contributed by atoms with Gasteiger partial charge in [-0.15, -0.1) is 0 Å². The third-order valence-corrected chi connectivity index (χ3v) is 4.86. The van der Waals surface area contributed by atoms with Gasteiger partial charge in [0.15, 0.2) is 0 Å². The van der Waals surface area contributed by atoms with Crippen LogP contribution in [0.15, 0.2) is 18.2 Å². The normalized spacial score (nSPS) is 32.5. The van der Waals surface area contributed by atoms with Crippen molar-refractivity contribution in [1.82, 2.24) is 4.90 Å². The monoisotopic (exact) mass is 267 g/mol. The Bertz CT molecular complexity index is 465. The summed E-state index contributed by atoms with van der Waals surface area (Å²) in [7, 11) is 2.12. The van der Waals surface area contributed by atoms with Crippen molar-refractivity contribution in [3.8, 4) is 0 Å². The fourth-order valence-electron chi connectivity index (χ4n) is 3.71. The van der Waals surface area contributed by atoms with Crippen LogP contribution in [0.1, 0.15) is 37.4 Å². The topological polar surface area (TPSA) is 23.5 Å². The Labute approximate surface area is 112 Å². The summed E-state index contributed by atoms with van der Waals surface area (Å²) in [5.74, 6) is -0.975. The number of aliphatic hydroxyl groups is 1. The number of halogens is 2. The number of nitrogens with zero attached hydrogens (tertiary/aromatic N) is 1. The number of rotatable bonds is 2. The zero-order chi connectivity index (χ0) is 13.6. The molecule has 1 aromatic rings. The van der Waals surface area contributed by atoms with Crippen molar-refractivity contribution in [2.75, 3.05) is 7.05 Å². The molecule has 2 aliphatic heterocycles. The van der Waals surface area contributed by atoms with Crippen LogP contribution >= 0.6 is 0 Å². The van der Waals surface area contributed by atoms with Gasteiger partial charge in [-0.1, -0.05) is 0 Å². The fraction of sp³-hybridized carbons (Fsp3) is 0.600. The number of piperidine rings is 1. The van der Waals surface area contributed by atoms with Gasteiger partial charge in [-0.25, -0.2) is 8.78 Å². The van der Waals surface area contributed by atoms with Gasteiger partial charge in [0.05, 0.1) is 6.10 Å². The minimum absolute atomic E-state index is 0.0324. The lowest BCUT2D eigenvalue weighted by Crippen LogP contribution is -2.41. The van der Waals surface area contributed by atoms with E-state index in [0.29, 0.717) is 12.1 Å². The maximum atomic E-state index is 13.7. The Balaban J connectivity index is 1.81. The van der Waals surface area contributed by atoms with Crippen LogP contribution in [0.5, 0.6) is 0 Å². The molecule has 3 rings (SSSR count). The highest BCUT2D eigenvalue weighted by Crippen LogP contribution is 2.42. The predicted molar refractivity (Wildman–Crippen MR) is 68.6 cm³/mol. The highest BCUT2D eigenvalue weighted by Gasteiger charge is 2.41. The number of hydrogen-bond acceptors (Lipinski definition) is 2. The summed E-state index contributed by atoms with van der Waals surface area (Å²) >= 11 is 0. The van der Waals surface area contributed by atoms with E-state index in [4.69, 9.17) is 0 Å². The molecule has 2 saturated heterocycles. The molecule has 1 N–H and O–H groups in total. The number of hydrogen-bond donors (Lipinski definition) is 1. The van der Waals surface area contributed by atoms with Crippen molar-refractivity contribution in [3.63, 3.8) is 0 Å². The average molecular weight is 267 g/mol. The van der Waals surface area contributed by atoms with E-state index < -0.39 is 17.7 Å². The summed E-state index contributed by atoms with van der Waals surface area (Å²) in [6.07, 6.45) is 3.13. The molecule has 2 nitrogen and oxygen atoms in total. The summed E-state index contributed by atoms with van der Waals surface area (Å²) in [6, 6.07) is 4.27. The van der Waals surface area contributed by atoms with Crippen molar-refractivity contribution in [3.05, 3.63) is 35.4 Å². The molecule has 1 aromatic carbocycles. The molecule has 2 heterocycles. The van der Waals surface area contributed by atoms with E-state index in [1.807, 2.05) is 0 Å². The molecule has 3 unspecified atom stereocenters. The van der Waals surface area contributed by atoms with Crippen molar-refractivity contribution in [2.24, 2.45) is 5.92 Å². The molecule has 0 spiro atoms. The van der Waals surface area contributed by atoms with Crippen LogP contribution in [-0.2, 0) is 0 Å². The standard InChI is InChI=1S/C15H19F2NO/c1-18-11-3-4-12(18)7-9(6-11)15(19)13-8-10(16)2-5-14(13)17/h2,5,8-9,11-12,15,19H,3-4,6-7H2,1H3. The van der Waals surface area contributed by atoms with Gasteiger partial charge in [0.2, 0.25) is 0 Å². The highest BCUT2D eigenvalue weighted by molar-refractivity contribution is 5.22. The predicted octanol–water partition coefficient (Wildman–Crippen LogP) is 2.87. The first kappa shape index (κ1) is 13.0. The Morgan fingerprint density at radius 1 is 1.21 bits per heavy atom. The largest absolute Gasteiger partial charge is 0.388 e. The molecule has 2 fully saturated rings. The Morgan fingerprint density at radius 3 is 2.47 bits per heavy atom. The van der Waals surface area contributed by atoms with Crippen LogP contribution < -0.4 is 0 Å². The molecule has 0 aromatic heterocycles. The molecular formula is C15H19F2NO. The summed E-state index contributed by atoms with van der Waals surface area (Å²) in [4.78, 5) is 2.37. The van der Waals surface area contributed by atoms with Crippen LogP contribution in [0.2, 0.25) is 0 Å². The van der Waals surface area contributed by atoms with E-state index in [1.54, 1.807) is 0 Å². The second kappa shape index (κ2) is 4.84. The molecule has 19 heavy (non-hydrogen) atoms. The van der Waals surface area contributed by atoms with E-state index in [2.05, 4.69) is 11.9 Å². The van der Waals surface area contributed by atoms with E-state index >= 15 is 0 Å². The molecule has 104 valence electrons. The van der Waals surface area contributed by atoms with Crippen LogP contribution in [0, 0.1) is 17.6 Å². The van der Waals surface area contributed by atoms with Crippen molar-refractivity contribution in [2.45, 2.75) is 43.9 Å². The molecule has 2 bridgehead atoms. The maximum absolute atomic E-state index is 13.7. The van der Waals surface area contributed by atoms with Crippen LogP contribution in [0.4, 0.5) is 8.78 Å². The maximum Gasteiger partial charge on any atom is 0.129 e. The van der Waals surface area contributed by atoms with Crippen LogP contribution in [0.25, 0.3) is 0 Å². The minimum atomic E-state index is -0.896. The molecule has 4 heteroatoms. The van der Waals surface area contributed by atoms with Crippen molar-refractivity contribution in [1.29, 1.82) is 0 Å². The van der Waals surface area contributed by atoms with Crippen molar-refractivity contribution >= 4 is 0 Å². The molecule has 0 radical (unpaired) electrons.